The highest BCUT2D eigenvalue weighted by Crippen LogP contribution is 2.59. The topological polar surface area (TPSA) is 44.8 Å². The summed E-state index contributed by atoms with van der Waals surface area (Å²) in [6.45, 7) is 3.17. The zero-order chi connectivity index (χ0) is 29.9. The van der Waals surface area contributed by atoms with Crippen LogP contribution in [0.5, 0.6) is 5.75 Å². The van der Waals surface area contributed by atoms with Gasteiger partial charge >= 0.3 is 5.97 Å². The van der Waals surface area contributed by atoms with E-state index in [4.69, 9.17) is 14.2 Å². The summed E-state index contributed by atoms with van der Waals surface area (Å²) in [4.78, 5) is 16.7. The van der Waals surface area contributed by atoms with E-state index in [0.29, 0.717) is 30.8 Å². The third-order valence-corrected chi connectivity index (χ3v) is 12.3. The average Bonchev–Trinajstić information content (AvgIpc) is 3.05. The van der Waals surface area contributed by atoms with E-state index in [9.17, 15) is 4.79 Å². The van der Waals surface area contributed by atoms with Crippen LogP contribution in [0.1, 0.15) is 50.2 Å². The molecule has 4 saturated carbocycles. The van der Waals surface area contributed by atoms with E-state index in [1.807, 2.05) is 24.3 Å². The summed E-state index contributed by atoms with van der Waals surface area (Å²) in [6, 6.07) is 38.0. The van der Waals surface area contributed by atoms with Crippen LogP contribution in [0.4, 0.5) is 0 Å². The van der Waals surface area contributed by atoms with Gasteiger partial charge in [0.1, 0.15) is 11.4 Å². The van der Waals surface area contributed by atoms with Crippen molar-refractivity contribution >= 4 is 16.9 Å². The van der Waals surface area contributed by atoms with Gasteiger partial charge < -0.3 is 14.2 Å². The quantitative estimate of drug-likeness (QED) is 0.127. The summed E-state index contributed by atoms with van der Waals surface area (Å²) in [7, 11) is -0.153. The number of esters is 1. The lowest BCUT2D eigenvalue weighted by Crippen LogP contribution is -2.58. The van der Waals surface area contributed by atoms with Crippen LogP contribution in [-0.4, -0.2) is 18.2 Å². The number of rotatable bonds is 11. The molecule has 4 aliphatic rings. The maximum atomic E-state index is 12.8. The molecule has 4 aliphatic carbocycles. The molecule has 4 aromatic carbocycles. The molecule has 4 aromatic rings. The van der Waals surface area contributed by atoms with Crippen LogP contribution in [0.15, 0.2) is 124 Å². The number of hydrogen-bond acceptors (Lipinski definition) is 4. The molecule has 0 spiro atoms. The van der Waals surface area contributed by atoms with E-state index in [1.165, 1.54) is 46.8 Å². The van der Waals surface area contributed by atoms with Crippen molar-refractivity contribution in [3.63, 3.8) is 0 Å². The molecule has 44 heavy (non-hydrogen) atoms. The van der Waals surface area contributed by atoms with Gasteiger partial charge in [-0.05, 0) is 122 Å². The van der Waals surface area contributed by atoms with Crippen molar-refractivity contribution in [2.24, 2.45) is 23.7 Å². The Morgan fingerprint density at radius 3 is 1.66 bits per heavy atom. The van der Waals surface area contributed by atoms with E-state index < -0.39 is 0 Å². The van der Waals surface area contributed by atoms with Crippen LogP contribution in [-0.2, 0) is 38.4 Å². The van der Waals surface area contributed by atoms with Crippen molar-refractivity contribution in [3.05, 3.63) is 120 Å². The van der Waals surface area contributed by atoms with Crippen LogP contribution in [0.2, 0.25) is 0 Å². The SMILES string of the molecule is CC1(OC(=O)COc2ccc(COCc3ccc([S+](c4ccccc4)c4ccccc4)cc3)cc2)C2CC3CC(C2)CC1C3. The summed E-state index contributed by atoms with van der Waals surface area (Å²) >= 11 is 0. The predicted molar refractivity (Wildman–Crippen MR) is 173 cm³/mol. The highest BCUT2D eigenvalue weighted by Gasteiger charge is 2.57. The summed E-state index contributed by atoms with van der Waals surface area (Å²) in [6.07, 6.45) is 6.26. The third-order valence-electron chi connectivity index (χ3n) is 10.0. The molecule has 4 bridgehead atoms. The number of carbonyl (C=O) groups excluding carboxylic acids is 1. The van der Waals surface area contributed by atoms with Crippen LogP contribution in [0, 0.1) is 23.7 Å². The van der Waals surface area contributed by atoms with E-state index in [1.54, 1.807) is 0 Å². The highest BCUT2D eigenvalue weighted by atomic mass is 32.2. The first-order valence-electron chi connectivity index (χ1n) is 16.0. The minimum Gasteiger partial charge on any atom is -0.482 e. The minimum absolute atomic E-state index is 0.0519. The van der Waals surface area contributed by atoms with Crippen LogP contribution in [0.25, 0.3) is 0 Å². The van der Waals surface area contributed by atoms with Gasteiger partial charge in [0.05, 0.1) is 24.1 Å². The summed E-state index contributed by atoms with van der Waals surface area (Å²) in [5.74, 6) is 3.14. The van der Waals surface area contributed by atoms with Gasteiger partial charge in [0.2, 0.25) is 0 Å². The fourth-order valence-corrected chi connectivity index (χ4v) is 10.00. The smallest absolute Gasteiger partial charge is 0.344 e. The van der Waals surface area contributed by atoms with Gasteiger partial charge in [-0.15, -0.1) is 0 Å². The lowest BCUT2D eigenvalue weighted by molar-refractivity contribution is -0.204. The molecule has 0 amide bonds. The molecule has 4 nitrogen and oxygen atoms in total. The van der Waals surface area contributed by atoms with Crippen LogP contribution >= 0.6 is 0 Å². The largest absolute Gasteiger partial charge is 0.482 e. The monoisotopic (exact) mass is 605 g/mol. The van der Waals surface area contributed by atoms with Crippen molar-refractivity contribution in [2.45, 2.75) is 72.5 Å². The van der Waals surface area contributed by atoms with E-state index in [2.05, 4.69) is 91.9 Å². The maximum absolute atomic E-state index is 12.8. The lowest BCUT2D eigenvalue weighted by atomic mass is 9.50. The second kappa shape index (κ2) is 12.8. The van der Waals surface area contributed by atoms with Gasteiger partial charge in [-0.3, -0.25) is 0 Å². The Hall–Kier alpha value is -3.54. The second-order valence-electron chi connectivity index (χ2n) is 13.0. The van der Waals surface area contributed by atoms with Crippen molar-refractivity contribution < 1.29 is 19.0 Å². The van der Waals surface area contributed by atoms with E-state index in [0.717, 1.165) is 23.0 Å². The zero-order valence-electron chi connectivity index (χ0n) is 25.4. The first-order valence-corrected chi connectivity index (χ1v) is 17.2. The van der Waals surface area contributed by atoms with Crippen molar-refractivity contribution in [1.82, 2.24) is 0 Å². The van der Waals surface area contributed by atoms with Crippen molar-refractivity contribution in [3.8, 4) is 5.75 Å². The Morgan fingerprint density at radius 1 is 0.659 bits per heavy atom. The Morgan fingerprint density at radius 2 is 1.14 bits per heavy atom. The first-order chi connectivity index (χ1) is 21.5. The molecule has 0 saturated heterocycles. The number of ether oxygens (including phenoxy) is 3. The van der Waals surface area contributed by atoms with Gasteiger partial charge in [0.25, 0.3) is 0 Å². The van der Waals surface area contributed by atoms with Gasteiger partial charge in [-0.1, -0.05) is 60.7 Å². The van der Waals surface area contributed by atoms with Gasteiger partial charge in [-0.2, -0.15) is 0 Å². The number of hydrogen-bond donors (Lipinski definition) is 0. The molecule has 0 unspecified atom stereocenters. The normalized spacial score (nSPS) is 25.2. The lowest BCUT2D eigenvalue weighted by Gasteiger charge is -2.59. The van der Waals surface area contributed by atoms with Crippen LogP contribution in [0.3, 0.4) is 0 Å². The van der Waals surface area contributed by atoms with E-state index in [-0.39, 0.29) is 29.1 Å². The first kappa shape index (κ1) is 29.2. The average molecular weight is 606 g/mol. The Kier molecular flexibility index (Phi) is 8.51. The third kappa shape index (κ3) is 6.31. The van der Waals surface area contributed by atoms with Crippen LogP contribution < -0.4 is 4.74 Å². The zero-order valence-corrected chi connectivity index (χ0v) is 26.2. The molecule has 0 atom stereocenters. The molecule has 0 aliphatic heterocycles. The summed E-state index contributed by atoms with van der Waals surface area (Å²) in [5.41, 5.74) is 1.89. The second-order valence-corrected chi connectivity index (χ2v) is 15.0. The van der Waals surface area contributed by atoms with Gasteiger partial charge in [0.15, 0.2) is 21.3 Å². The van der Waals surface area contributed by atoms with Gasteiger partial charge in [0, 0.05) is 0 Å². The molecule has 5 heteroatoms. The fraction of sp³-hybridized carbons (Fsp3) is 0.359. The molecule has 226 valence electrons. The molecule has 0 heterocycles. The Bertz CT molecular complexity index is 1470. The number of carbonyl (C=O) groups is 1. The summed E-state index contributed by atoms with van der Waals surface area (Å²) in [5, 5.41) is 0. The minimum atomic E-state index is -0.318. The summed E-state index contributed by atoms with van der Waals surface area (Å²) < 4.78 is 18.0. The molecule has 8 rings (SSSR count). The predicted octanol–water partition coefficient (Wildman–Crippen LogP) is 8.64. The van der Waals surface area contributed by atoms with Crippen molar-refractivity contribution in [2.75, 3.05) is 6.61 Å². The number of benzene rings is 4. The molecule has 4 fully saturated rings. The molecular formula is C39H41O4S+. The molecule has 0 aromatic heterocycles. The van der Waals surface area contributed by atoms with Crippen molar-refractivity contribution in [1.29, 1.82) is 0 Å². The molecular weight excluding hydrogens is 564 g/mol. The van der Waals surface area contributed by atoms with E-state index >= 15 is 0 Å². The highest BCUT2D eigenvalue weighted by molar-refractivity contribution is 7.97. The fourth-order valence-electron chi connectivity index (χ4n) is 7.92. The molecule has 0 N–H and O–H groups in total. The Labute approximate surface area is 264 Å². The molecule has 0 radical (unpaired) electrons. The standard InChI is InChI=1S/C39H41O4S/c1-39(32-21-30-20-31(23-32)24-33(39)22-30)43-38(40)27-42-34-16-12-28(13-17-34)25-41-26-29-14-18-37(19-15-29)44(35-8-4-2-5-9-35)36-10-6-3-7-11-36/h2-19,30-33H,20-27H2,1H3/q+1. The Balaban J connectivity index is 0.888. The van der Waals surface area contributed by atoms with Gasteiger partial charge in [-0.25, -0.2) is 4.79 Å². The maximum Gasteiger partial charge on any atom is 0.344 e.